The number of aryl methyl sites for hydroxylation is 1. The van der Waals surface area contributed by atoms with Crippen molar-refractivity contribution in [3.05, 3.63) is 35.4 Å². The second kappa shape index (κ2) is 7.16. The number of carbonyl (C=O) groups excluding carboxylic acids is 2. The molecule has 1 aliphatic carbocycles. The van der Waals surface area contributed by atoms with Crippen LogP contribution in [0.5, 0.6) is 0 Å². The monoisotopic (exact) mass is 316 g/mol. The fourth-order valence-corrected chi connectivity index (χ4v) is 2.92. The molecule has 2 amide bonds. The van der Waals surface area contributed by atoms with E-state index < -0.39 is 11.5 Å². The fourth-order valence-electron chi connectivity index (χ4n) is 2.92. The van der Waals surface area contributed by atoms with Crippen LogP contribution in [0.1, 0.15) is 57.6 Å². The van der Waals surface area contributed by atoms with E-state index >= 15 is 0 Å². The molecule has 1 aliphatic rings. The maximum atomic E-state index is 12.2. The Morgan fingerprint density at radius 3 is 2.65 bits per heavy atom. The molecule has 126 valence electrons. The Balaban J connectivity index is 1.89. The van der Waals surface area contributed by atoms with Gasteiger partial charge in [0, 0.05) is 17.9 Å². The summed E-state index contributed by atoms with van der Waals surface area (Å²) < 4.78 is 0. The lowest BCUT2D eigenvalue weighted by molar-refractivity contribution is -0.133. The smallest absolute Gasteiger partial charge is 0.242 e. The Morgan fingerprint density at radius 1 is 1.26 bits per heavy atom. The third-order valence-corrected chi connectivity index (χ3v) is 4.44. The van der Waals surface area contributed by atoms with Gasteiger partial charge >= 0.3 is 0 Å². The van der Waals surface area contributed by atoms with Crippen LogP contribution in [0.2, 0.25) is 0 Å². The molecule has 23 heavy (non-hydrogen) atoms. The first-order valence-electron chi connectivity index (χ1n) is 8.45. The van der Waals surface area contributed by atoms with Crippen molar-refractivity contribution in [1.82, 2.24) is 10.6 Å². The maximum absolute atomic E-state index is 12.2. The van der Waals surface area contributed by atoms with Crippen LogP contribution in [0, 0.1) is 5.41 Å². The molecule has 0 saturated heterocycles. The number of hydrogen-bond donors (Lipinski definition) is 2. The highest BCUT2D eigenvalue weighted by Crippen LogP contribution is 2.30. The number of carbonyl (C=O) groups is 2. The summed E-state index contributed by atoms with van der Waals surface area (Å²) in [7, 11) is 0. The van der Waals surface area contributed by atoms with E-state index in [9.17, 15) is 9.59 Å². The molecule has 0 heterocycles. The lowest BCUT2D eigenvalue weighted by atomic mass is 9.83. The quantitative estimate of drug-likeness (QED) is 0.897. The Morgan fingerprint density at radius 2 is 1.96 bits per heavy atom. The zero-order valence-electron chi connectivity index (χ0n) is 14.6. The van der Waals surface area contributed by atoms with Crippen molar-refractivity contribution in [2.45, 2.75) is 58.9 Å². The van der Waals surface area contributed by atoms with Crippen LogP contribution >= 0.6 is 0 Å². The van der Waals surface area contributed by atoms with Crippen molar-refractivity contribution in [3.63, 3.8) is 0 Å². The highest BCUT2D eigenvalue weighted by molar-refractivity contribution is 5.89. The molecule has 0 fully saturated rings. The van der Waals surface area contributed by atoms with E-state index in [1.54, 1.807) is 6.92 Å². The summed E-state index contributed by atoms with van der Waals surface area (Å²) in [6, 6.07) is 7.96. The lowest BCUT2D eigenvalue weighted by Crippen LogP contribution is -2.48. The van der Waals surface area contributed by atoms with Crippen LogP contribution < -0.4 is 10.6 Å². The first-order valence-corrected chi connectivity index (χ1v) is 8.45. The van der Waals surface area contributed by atoms with Gasteiger partial charge < -0.3 is 10.6 Å². The third-order valence-electron chi connectivity index (χ3n) is 4.44. The Kier molecular flexibility index (Phi) is 5.45. The summed E-state index contributed by atoms with van der Waals surface area (Å²) in [4.78, 5) is 24.2. The molecule has 0 aromatic heterocycles. The summed E-state index contributed by atoms with van der Waals surface area (Å²) in [5, 5.41) is 5.77. The van der Waals surface area contributed by atoms with E-state index in [-0.39, 0.29) is 11.8 Å². The highest BCUT2D eigenvalue weighted by atomic mass is 16.2. The van der Waals surface area contributed by atoms with E-state index in [0.29, 0.717) is 12.5 Å². The first-order chi connectivity index (χ1) is 10.8. The van der Waals surface area contributed by atoms with Crippen molar-refractivity contribution in [1.29, 1.82) is 0 Å². The Labute approximate surface area is 139 Å². The second-order valence-corrected chi connectivity index (χ2v) is 7.48. The maximum Gasteiger partial charge on any atom is 0.242 e. The van der Waals surface area contributed by atoms with Crippen LogP contribution in [0.25, 0.3) is 0 Å². The van der Waals surface area contributed by atoms with Gasteiger partial charge in [0.2, 0.25) is 11.8 Å². The average molecular weight is 316 g/mol. The molecule has 2 N–H and O–H groups in total. The van der Waals surface area contributed by atoms with Gasteiger partial charge in [-0.05, 0) is 37.3 Å². The van der Waals surface area contributed by atoms with Crippen LogP contribution in [-0.2, 0) is 16.0 Å². The van der Waals surface area contributed by atoms with Crippen molar-refractivity contribution in [2.75, 3.05) is 6.54 Å². The number of nitrogens with one attached hydrogen (secondary N) is 2. The summed E-state index contributed by atoms with van der Waals surface area (Å²) in [5.41, 5.74) is 2.26. The topological polar surface area (TPSA) is 58.2 Å². The molecule has 0 aliphatic heterocycles. The normalized spacial score (nSPS) is 18.7. The molecule has 2 rings (SSSR count). The summed E-state index contributed by atoms with van der Waals surface area (Å²) in [6.45, 7) is 7.88. The van der Waals surface area contributed by atoms with Gasteiger partial charge in [0.1, 0.15) is 6.04 Å². The SMILES string of the molecule is CC(NC(=O)C(C)(C)C)C(=O)NCC1CCCc2ccccc21. The molecule has 0 saturated carbocycles. The summed E-state index contributed by atoms with van der Waals surface area (Å²) in [5.74, 6) is 0.142. The highest BCUT2D eigenvalue weighted by Gasteiger charge is 2.26. The number of benzene rings is 1. The van der Waals surface area contributed by atoms with E-state index in [1.807, 2.05) is 20.8 Å². The molecule has 4 nitrogen and oxygen atoms in total. The van der Waals surface area contributed by atoms with Crippen molar-refractivity contribution in [3.8, 4) is 0 Å². The molecular formula is C19H28N2O2. The van der Waals surface area contributed by atoms with Crippen molar-refractivity contribution in [2.24, 2.45) is 5.41 Å². The van der Waals surface area contributed by atoms with Gasteiger partial charge in [-0.3, -0.25) is 9.59 Å². The summed E-state index contributed by atoms with van der Waals surface area (Å²) >= 11 is 0. The van der Waals surface area contributed by atoms with E-state index in [0.717, 1.165) is 19.3 Å². The molecule has 1 aromatic rings. The first kappa shape index (κ1) is 17.5. The Bertz CT molecular complexity index is 575. The molecule has 1 aromatic carbocycles. The average Bonchev–Trinajstić information content (AvgIpc) is 2.51. The minimum absolute atomic E-state index is 0.108. The predicted octanol–water partition coefficient (Wildman–Crippen LogP) is 2.77. The van der Waals surface area contributed by atoms with Gasteiger partial charge in [-0.2, -0.15) is 0 Å². The number of rotatable bonds is 4. The van der Waals surface area contributed by atoms with Crippen molar-refractivity contribution < 1.29 is 9.59 Å². The third kappa shape index (κ3) is 4.57. The molecule has 2 unspecified atom stereocenters. The van der Waals surface area contributed by atoms with Gasteiger partial charge in [-0.15, -0.1) is 0 Å². The molecule has 0 bridgehead atoms. The van der Waals surface area contributed by atoms with Gasteiger partial charge in [0.15, 0.2) is 0 Å². The molecule has 2 atom stereocenters. The van der Waals surface area contributed by atoms with Crippen LogP contribution in [-0.4, -0.2) is 24.4 Å². The standard InChI is InChI=1S/C19H28N2O2/c1-13(21-18(23)19(2,3)4)17(22)20-12-15-10-7-9-14-8-5-6-11-16(14)15/h5-6,8,11,13,15H,7,9-10,12H2,1-4H3,(H,20,22)(H,21,23). The molecule has 4 heteroatoms. The minimum Gasteiger partial charge on any atom is -0.354 e. The van der Waals surface area contributed by atoms with Gasteiger partial charge in [-0.1, -0.05) is 45.0 Å². The number of hydrogen-bond acceptors (Lipinski definition) is 2. The number of fused-ring (bicyclic) bond motifs is 1. The number of amides is 2. The van der Waals surface area contributed by atoms with Gasteiger partial charge in [-0.25, -0.2) is 0 Å². The predicted molar refractivity (Wildman–Crippen MR) is 92.2 cm³/mol. The van der Waals surface area contributed by atoms with Crippen LogP contribution in [0.4, 0.5) is 0 Å². The van der Waals surface area contributed by atoms with Gasteiger partial charge in [0.05, 0.1) is 0 Å². The van der Waals surface area contributed by atoms with E-state index in [1.165, 1.54) is 11.1 Å². The molecule has 0 radical (unpaired) electrons. The minimum atomic E-state index is -0.513. The summed E-state index contributed by atoms with van der Waals surface area (Å²) in [6.07, 6.45) is 3.38. The Hall–Kier alpha value is -1.84. The zero-order chi connectivity index (χ0) is 17.0. The second-order valence-electron chi connectivity index (χ2n) is 7.48. The van der Waals surface area contributed by atoms with Gasteiger partial charge in [0.25, 0.3) is 0 Å². The fraction of sp³-hybridized carbons (Fsp3) is 0.579. The van der Waals surface area contributed by atoms with Crippen LogP contribution in [0.15, 0.2) is 24.3 Å². The van der Waals surface area contributed by atoms with Crippen molar-refractivity contribution >= 4 is 11.8 Å². The van der Waals surface area contributed by atoms with E-state index in [4.69, 9.17) is 0 Å². The van der Waals surface area contributed by atoms with E-state index in [2.05, 4.69) is 34.9 Å². The largest absolute Gasteiger partial charge is 0.354 e. The molecule has 0 spiro atoms. The zero-order valence-corrected chi connectivity index (χ0v) is 14.6. The molecular weight excluding hydrogens is 288 g/mol. The lowest BCUT2D eigenvalue weighted by Gasteiger charge is -2.27. The van der Waals surface area contributed by atoms with Crippen LogP contribution in [0.3, 0.4) is 0 Å².